The maximum absolute atomic E-state index is 13.6. The van der Waals surface area contributed by atoms with E-state index in [4.69, 9.17) is 5.73 Å². The smallest absolute Gasteiger partial charge is 0.307 e. The van der Waals surface area contributed by atoms with E-state index in [0.717, 1.165) is 18.2 Å². The molecule has 1 aromatic rings. The lowest BCUT2D eigenvalue weighted by atomic mass is 9.99. The normalized spacial score (nSPS) is 21.4. The number of non-ortho nitro benzene ring substituents is 1. The number of nitrogens with two attached hydrogens (primary N) is 1. The second-order valence-electron chi connectivity index (χ2n) is 3.88. The molecule has 0 radical (unpaired) electrons. The molecule has 0 spiro atoms. The summed E-state index contributed by atoms with van der Waals surface area (Å²) < 4.78 is 45.2. The molecule has 1 aliphatic heterocycles. The summed E-state index contributed by atoms with van der Waals surface area (Å²) in [6.07, 6.45) is 0. The van der Waals surface area contributed by atoms with Crippen molar-refractivity contribution in [3.8, 4) is 0 Å². The van der Waals surface area contributed by atoms with Crippen LogP contribution in [0.4, 0.5) is 18.9 Å². The van der Waals surface area contributed by atoms with Gasteiger partial charge in [-0.05, 0) is 6.07 Å². The van der Waals surface area contributed by atoms with Crippen molar-refractivity contribution >= 4 is 11.7 Å². The Morgan fingerprint density at radius 2 is 2.21 bits per heavy atom. The number of halogens is 3. The molecule has 1 aromatic carbocycles. The summed E-state index contributed by atoms with van der Waals surface area (Å²) in [6, 6.07) is -0.118. The van der Waals surface area contributed by atoms with Crippen molar-refractivity contribution < 1.29 is 22.8 Å². The van der Waals surface area contributed by atoms with E-state index in [1.165, 1.54) is 0 Å². The van der Waals surface area contributed by atoms with Gasteiger partial charge in [0, 0.05) is 17.7 Å². The number of benzene rings is 1. The van der Waals surface area contributed by atoms with Crippen LogP contribution in [-0.4, -0.2) is 23.5 Å². The second-order valence-corrected chi connectivity index (χ2v) is 3.88. The molecule has 6 nitrogen and oxygen atoms in total. The molecule has 2 N–H and O–H groups in total. The van der Waals surface area contributed by atoms with Crippen LogP contribution in [0.2, 0.25) is 0 Å². The first-order valence-electron chi connectivity index (χ1n) is 5.09. The van der Waals surface area contributed by atoms with Crippen molar-refractivity contribution in [2.75, 3.05) is 6.61 Å². The maximum Gasteiger partial charge on any atom is 0.307 e. The van der Waals surface area contributed by atoms with Gasteiger partial charge in [0.15, 0.2) is 12.6 Å². The number of hydrogen-bond acceptors (Lipinski definition) is 5. The van der Waals surface area contributed by atoms with Crippen LogP contribution in [0.5, 0.6) is 0 Å². The largest absolute Gasteiger partial charge is 0.459 e. The minimum Gasteiger partial charge on any atom is -0.459 e. The van der Waals surface area contributed by atoms with E-state index < -0.39 is 46.6 Å². The molecule has 102 valence electrons. The molecule has 2 rings (SSSR count). The molecule has 0 fully saturated rings. The van der Waals surface area contributed by atoms with Crippen LogP contribution in [0.1, 0.15) is 11.6 Å². The van der Waals surface area contributed by atoms with Gasteiger partial charge in [0.2, 0.25) is 0 Å². The van der Waals surface area contributed by atoms with Gasteiger partial charge in [-0.25, -0.2) is 18.2 Å². The molecule has 1 heterocycles. The maximum atomic E-state index is 13.6. The van der Waals surface area contributed by atoms with Crippen LogP contribution < -0.4 is 5.73 Å². The lowest BCUT2D eigenvalue weighted by Crippen LogP contribution is -2.39. The summed E-state index contributed by atoms with van der Waals surface area (Å²) in [5.41, 5.74) is 4.07. The molecular weight excluding hydrogens is 267 g/mol. The Bertz CT molecular complexity index is 562. The minimum absolute atomic E-state index is 0.507. The fourth-order valence-corrected chi connectivity index (χ4v) is 1.66. The summed E-state index contributed by atoms with van der Waals surface area (Å²) >= 11 is 0. The number of rotatable bonds is 2. The Hall–Kier alpha value is -2.32. The molecule has 1 unspecified atom stereocenters. The predicted molar refractivity (Wildman–Crippen MR) is 58.3 cm³/mol. The zero-order valence-electron chi connectivity index (χ0n) is 9.35. The number of nitro benzene ring substituents is 1. The highest BCUT2D eigenvalue weighted by Crippen LogP contribution is 2.39. The van der Waals surface area contributed by atoms with E-state index >= 15 is 0 Å². The summed E-state index contributed by atoms with van der Waals surface area (Å²) in [7, 11) is 0. The van der Waals surface area contributed by atoms with E-state index in [0.29, 0.717) is 0 Å². The lowest BCUT2D eigenvalue weighted by Gasteiger charge is -2.28. The van der Waals surface area contributed by atoms with Crippen molar-refractivity contribution in [2.24, 2.45) is 10.7 Å². The third-order valence-corrected chi connectivity index (χ3v) is 2.55. The monoisotopic (exact) mass is 275 g/mol. The van der Waals surface area contributed by atoms with Crippen LogP contribution >= 0.6 is 0 Å². The summed E-state index contributed by atoms with van der Waals surface area (Å²) in [6.45, 7) is -1.06. The van der Waals surface area contributed by atoms with Crippen LogP contribution in [0, 0.1) is 15.9 Å². The molecule has 1 aliphatic rings. The standard InChI is InChI=1S/C10H8F3N3O3/c11-7-2-1-5(16(17)18)3-6(7)8-10(12,13)4-19-9(14)15-8/h1-3,8H,4H2,(H2,14,15). The fraction of sp³-hybridized carbons (Fsp3) is 0.300. The zero-order valence-corrected chi connectivity index (χ0v) is 9.35. The number of nitro groups is 1. The van der Waals surface area contributed by atoms with Gasteiger partial charge in [-0.3, -0.25) is 10.1 Å². The van der Waals surface area contributed by atoms with Gasteiger partial charge in [-0.1, -0.05) is 0 Å². The first-order chi connectivity index (χ1) is 8.81. The first-order valence-corrected chi connectivity index (χ1v) is 5.09. The highest BCUT2D eigenvalue weighted by molar-refractivity contribution is 5.72. The Labute approximate surface area is 104 Å². The molecule has 9 heteroatoms. The average Bonchev–Trinajstić information content (AvgIpc) is 2.33. The number of nitrogens with zero attached hydrogens (tertiary/aromatic N) is 2. The molecule has 0 amide bonds. The molecule has 1 atom stereocenters. The number of aliphatic imine (C=N–C) groups is 1. The number of alkyl halides is 2. The Balaban J connectivity index is 2.53. The van der Waals surface area contributed by atoms with E-state index in [1.807, 2.05) is 0 Å². The van der Waals surface area contributed by atoms with Gasteiger partial charge in [-0.2, -0.15) is 0 Å². The Morgan fingerprint density at radius 1 is 1.53 bits per heavy atom. The Kier molecular flexibility index (Phi) is 3.05. The van der Waals surface area contributed by atoms with Gasteiger partial charge >= 0.3 is 5.92 Å². The molecule has 0 bridgehead atoms. The fourth-order valence-electron chi connectivity index (χ4n) is 1.66. The van der Waals surface area contributed by atoms with Crippen LogP contribution in [-0.2, 0) is 4.74 Å². The number of amidine groups is 1. The van der Waals surface area contributed by atoms with Crippen LogP contribution in [0.3, 0.4) is 0 Å². The van der Waals surface area contributed by atoms with Crippen molar-refractivity contribution in [3.63, 3.8) is 0 Å². The van der Waals surface area contributed by atoms with Crippen LogP contribution in [0.25, 0.3) is 0 Å². The highest BCUT2D eigenvalue weighted by atomic mass is 19.3. The molecule has 0 aromatic heterocycles. The SMILES string of the molecule is NC1=NC(c2cc([N+](=O)[O-])ccc2F)C(F)(F)CO1. The zero-order chi connectivity index (χ0) is 14.2. The molecule has 0 saturated carbocycles. The van der Waals surface area contributed by atoms with E-state index in [2.05, 4.69) is 9.73 Å². The van der Waals surface area contributed by atoms with Crippen molar-refractivity contribution in [2.45, 2.75) is 12.0 Å². The first kappa shape index (κ1) is 13.1. The summed E-state index contributed by atoms with van der Waals surface area (Å²) in [4.78, 5) is 13.1. The van der Waals surface area contributed by atoms with Crippen molar-refractivity contribution in [3.05, 3.63) is 39.7 Å². The minimum atomic E-state index is -3.50. The van der Waals surface area contributed by atoms with Crippen molar-refractivity contribution in [1.82, 2.24) is 0 Å². The van der Waals surface area contributed by atoms with Gasteiger partial charge in [0.25, 0.3) is 11.7 Å². The lowest BCUT2D eigenvalue weighted by molar-refractivity contribution is -0.385. The molecule has 0 aliphatic carbocycles. The number of hydrogen-bond donors (Lipinski definition) is 1. The third kappa shape index (κ3) is 2.44. The Morgan fingerprint density at radius 3 is 2.84 bits per heavy atom. The van der Waals surface area contributed by atoms with Crippen LogP contribution in [0.15, 0.2) is 23.2 Å². The summed E-state index contributed by atoms with van der Waals surface area (Å²) in [5.74, 6) is -4.52. The van der Waals surface area contributed by atoms with Gasteiger partial charge in [0.05, 0.1) is 4.92 Å². The van der Waals surface area contributed by atoms with Gasteiger partial charge in [0.1, 0.15) is 5.82 Å². The van der Waals surface area contributed by atoms with E-state index in [9.17, 15) is 23.3 Å². The molecule has 19 heavy (non-hydrogen) atoms. The highest BCUT2D eigenvalue weighted by Gasteiger charge is 2.46. The van der Waals surface area contributed by atoms with Gasteiger partial charge < -0.3 is 10.5 Å². The molecule has 0 saturated heterocycles. The third-order valence-electron chi connectivity index (χ3n) is 2.55. The predicted octanol–water partition coefficient (Wildman–Crippen LogP) is 1.76. The van der Waals surface area contributed by atoms with E-state index in [1.54, 1.807) is 0 Å². The average molecular weight is 275 g/mol. The second kappa shape index (κ2) is 4.41. The molecular formula is C10H8F3N3O3. The quantitative estimate of drug-likeness (QED) is 0.657. The van der Waals surface area contributed by atoms with Crippen molar-refractivity contribution in [1.29, 1.82) is 0 Å². The number of ether oxygens (including phenoxy) is 1. The topological polar surface area (TPSA) is 90.8 Å². The van der Waals surface area contributed by atoms with E-state index in [-0.39, 0.29) is 0 Å². The summed E-state index contributed by atoms with van der Waals surface area (Å²) in [5, 5.41) is 10.6. The van der Waals surface area contributed by atoms with Gasteiger partial charge in [-0.15, -0.1) is 0 Å².